The molecular formula is C11H12N2O3. The van der Waals surface area contributed by atoms with Crippen LogP contribution in [0.25, 0.3) is 6.08 Å². The molecule has 1 aromatic heterocycles. The number of carboxylic acids is 1. The fourth-order valence-corrected chi connectivity index (χ4v) is 1.16. The monoisotopic (exact) mass is 220 g/mol. The first-order valence-electron chi connectivity index (χ1n) is 4.65. The lowest BCUT2D eigenvalue weighted by atomic mass is 10.2. The van der Waals surface area contributed by atoms with Gasteiger partial charge in [-0.2, -0.15) is 0 Å². The number of nitrogens with one attached hydrogen (secondary N) is 1. The Hall–Kier alpha value is -2.17. The van der Waals surface area contributed by atoms with Gasteiger partial charge in [-0.25, -0.2) is 9.78 Å². The molecule has 1 aromatic rings. The SMILES string of the molecule is CC(=O)Nc1ccc(/C=C/C(=O)O)c(C)n1. The highest BCUT2D eigenvalue weighted by molar-refractivity contribution is 5.88. The van der Waals surface area contributed by atoms with E-state index in [0.717, 1.165) is 6.08 Å². The second-order valence-electron chi connectivity index (χ2n) is 3.22. The van der Waals surface area contributed by atoms with Gasteiger partial charge in [-0.1, -0.05) is 0 Å². The molecule has 0 aromatic carbocycles. The van der Waals surface area contributed by atoms with Crippen molar-refractivity contribution in [3.05, 3.63) is 29.5 Å². The third-order valence-electron chi connectivity index (χ3n) is 1.84. The van der Waals surface area contributed by atoms with E-state index in [9.17, 15) is 9.59 Å². The standard InChI is InChI=1S/C11H12N2O3/c1-7-9(4-6-11(15)16)3-5-10(12-7)13-8(2)14/h3-6H,1-2H3,(H,15,16)(H,12,13,14)/b6-4+. The number of carbonyl (C=O) groups excluding carboxylic acids is 1. The number of hydrogen-bond acceptors (Lipinski definition) is 3. The van der Waals surface area contributed by atoms with Crippen LogP contribution in [0.3, 0.4) is 0 Å². The molecule has 5 nitrogen and oxygen atoms in total. The van der Waals surface area contributed by atoms with Gasteiger partial charge >= 0.3 is 5.97 Å². The highest BCUT2D eigenvalue weighted by atomic mass is 16.4. The van der Waals surface area contributed by atoms with Gasteiger partial charge in [0.05, 0.1) is 0 Å². The van der Waals surface area contributed by atoms with Crippen LogP contribution in [-0.4, -0.2) is 22.0 Å². The maximum absolute atomic E-state index is 10.8. The number of amides is 1. The number of anilines is 1. The quantitative estimate of drug-likeness (QED) is 0.755. The Morgan fingerprint density at radius 2 is 2.12 bits per heavy atom. The first-order valence-corrected chi connectivity index (χ1v) is 4.65. The van der Waals surface area contributed by atoms with E-state index in [1.807, 2.05) is 0 Å². The van der Waals surface area contributed by atoms with E-state index < -0.39 is 5.97 Å². The number of rotatable bonds is 3. The highest BCUT2D eigenvalue weighted by Crippen LogP contribution is 2.11. The molecule has 2 N–H and O–H groups in total. The zero-order valence-electron chi connectivity index (χ0n) is 9.02. The van der Waals surface area contributed by atoms with E-state index in [0.29, 0.717) is 17.1 Å². The number of pyridine rings is 1. The minimum Gasteiger partial charge on any atom is -0.478 e. The van der Waals surface area contributed by atoms with Gasteiger partial charge in [0.15, 0.2) is 0 Å². The van der Waals surface area contributed by atoms with Crippen molar-refractivity contribution in [1.82, 2.24) is 4.98 Å². The lowest BCUT2D eigenvalue weighted by Crippen LogP contribution is -2.08. The summed E-state index contributed by atoms with van der Waals surface area (Å²) in [4.78, 5) is 25.2. The molecule has 0 saturated carbocycles. The van der Waals surface area contributed by atoms with E-state index in [1.54, 1.807) is 19.1 Å². The van der Waals surface area contributed by atoms with Crippen molar-refractivity contribution in [1.29, 1.82) is 0 Å². The number of carboxylic acid groups (broad SMARTS) is 1. The van der Waals surface area contributed by atoms with Crippen LogP contribution >= 0.6 is 0 Å². The second-order valence-corrected chi connectivity index (χ2v) is 3.22. The van der Waals surface area contributed by atoms with E-state index in [1.165, 1.54) is 13.0 Å². The first kappa shape index (κ1) is 11.9. The molecule has 5 heteroatoms. The van der Waals surface area contributed by atoms with E-state index in [-0.39, 0.29) is 5.91 Å². The van der Waals surface area contributed by atoms with Gasteiger partial charge in [0.2, 0.25) is 5.91 Å². The molecule has 16 heavy (non-hydrogen) atoms. The van der Waals surface area contributed by atoms with Crippen LogP contribution in [-0.2, 0) is 9.59 Å². The number of aromatic nitrogens is 1. The smallest absolute Gasteiger partial charge is 0.328 e. The number of hydrogen-bond donors (Lipinski definition) is 2. The van der Waals surface area contributed by atoms with Gasteiger partial charge in [-0.3, -0.25) is 4.79 Å². The molecule has 0 spiro atoms. The average Bonchev–Trinajstić information content (AvgIpc) is 2.15. The topological polar surface area (TPSA) is 79.3 Å². The summed E-state index contributed by atoms with van der Waals surface area (Å²) in [5.41, 5.74) is 1.36. The molecule has 1 heterocycles. The van der Waals surface area contributed by atoms with Crippen molar-refractivity contribution >= 4 is 23.8 Å². The molecule has 1 rings (SSSR count). The van der Waals surface area contributed by atoms with Crippen LogP contribution in [0.15, 0.2) is 18.2 Å². The van der Waals surface area contributed by atoms with Crippen LogP contribution in [0.1, 0.15) is 18.2 Å². The van der Waals surface area contributed by atoms with Crippen molar-refractivity contribution in [2.45, 2.75) is 13.8 Å². The molecule has 0 atom stereocenters. The van der Waals surface area contributed by atoms with Crippen LogP contribution in [0.5, 0.6) is 0 Å². The van der Waals surface area contributed by atoms with Crippen molar-refractivity contribution in [3.63, 3.8) is 0 Å². The van der Waals surface area contributed by atoms with Crippen LogP contribution in [0, 0.1) is 6.92 Å². The Kier molecular flexibility index (Phi) is 3.77. The second kappa shape index (κ2) is 5.06. The van der Waals surface area contributed by atoms with Crippen LogP contribution in [0.4, 0.5) is 5.82 Å². The molecule has 0 radical (unpaired) electrons. The first-order chi connectivity index (χ1) is 7.49. The third-order valence-corrected chi connectivity index (χ3v) is 1.84. The highest BCUT2D eigenvalue weighted by Gasteiger charge is 2.01. The summed E-state index contributed by atoms with van der Waals surface area (Å²) in [6.07, 6.45) is 2.50. The summed E-state index contributed by atoms with van der Waals surface area (Å²) in [5, 5.41) is 11.0. The van der Waals surface area contributed by atoms with Crippen molar-refractivity contribution in [2.75, 3.05) is 5.32 Å². The number of aliphatic carboxylic acids is 1. The van der Waals surface area contributed by atoms with Gasteiger partial charge in [0.25, 0.3) is 0 Å². The lowest BCUT2D eigenvalue weighted by molar-refractivity contribution is -0.131. The zero-order chi connectivity index (χ0) is 12.1. The van der Waals surface area contributed by atoms with Crippen LogP contribution < -0.4 is 5.32 Å². The number of aryl methyl sites for hydroxylation is 1. The normalized spacial score (nSPS) is 10.4. The van der Waals surface area contributed by atoms with Gasteiger partial charge in [-0.05, 0) is 30.7 Å². The lowest BCUT2D eigenvalue weighted by Gasteiger charge is -2.04. The Labute approximate surface area is 92.8 Å². The van der Waals surface area contributed by atoms with Crippen LogP contribution in [0.2, 0.25) is 0 Å². The molecule has 0 unspecified atom stereocenters. The molecule has 1 amide bonds. The third kappa shape index (κ3) is 3.53. The van der Waals surface area contributed by atoms with Crippen molar-refractivity contribution < 1.29 is 14.7 Å². The largest absolute Gasteiger partial charge is 0.478 e. The molecule has 0 aliphatic carbocycles. The summed E-state index contributed by atoms with van der Waals surface area (Å²) >= 11 is 0. The maximum Gasteiger partial charge on any atom is 0.328 e. The summed E-state index contributed by atoms with van der Waals surface area (Å²) in [5.74, 6) is -0.747. The average molecular weight is 220 g/mol. The van der Waals surface area contributed by atoms with Gasteiger partial charge in [0.1, 0.15) is 5.82 Å². The predicted molar refractivity (Wildman–Crippen MR) is 59.9 cm³/mol. The van der Waals surface area contributed by atoms with Gasteiger partial charge in [-0.15, -0.1) is 0 Å². The Bertz CT molecular complexity index is 453. The number of carbonyl (C=O) groups is 2. The minimum absolute atomic E-state index is 0.194. The molecule has 84 valence electrons. The summed E-state index contributed by atoms with van der Waals surface area (Å²) in [6.45, 7) is 3.14. The Morgan fingerprint density at radius 3 is 2.62 bits per heavy atom. The Morgan fingerprint density at radius 1 is 1.44 bits per heavy atom. The minimum atomic E-state index is -1.01. The van der Waals surface area contributed by atoms with E-state index in [4.69, 9.17) is 5.11 Å². The maximum atomic E-state index is 10.8. The summed E-state index contributed by atoms with van der Waals surface area (Å²) in [7, 11) is 0. The predicted octanol–water partition coefficient (Wildman–Crippen LogP) is 1.45. The van der Waals surface area contributed by atoms with Gasteiger partial charge in [0, 0.05) is 18.7 Å². The molecule has 0 fully saturated rings. The zero-order valence-corrected chi connectivity index (χ0v) is 9.02. The number of nitrogens with zero attached hydrogens (tertiary/aromatic N) is 1. The fourth-order valence-electron chi connectivity index (χ4n) is 1.16. The van der Waals surface area contributed by atoms with E-state index in [2.05, 4.69) is 10.3 Å². The van der Waals surface area contributed by atoms with E-state index >= 15 is 0 Å². The molecule has 0 saturated heterocycles. The summed E-state index contributed by atoms with van der Waals surface area (Å²) in [6, 6.07) is 3.32. The van der Waals surface area contributed by atoms with Crippen molar-refractivity contribution in [2.24, 2.45) is 0 Å². The molecule has 0 bridgehead atoms. The summed E-state index contributed by atoms with van der Waals surface area (Å²) < 4.78 is 0. The molecule has 0 aliphatic rings. The van der Waals surface area contributed by atoms with Crippen molar-refractivity contribution in [3.8, 4) is 0 Å². The fraction of sp³-hybridized carbons (Fsp3) is 0.182. The molecule has 0 aliphatic heterocycles. The van der Waals surface area contributed by atoms with Gasteiger partial charge < -0.3 is 10.4 Å². The Balaban J connectivity index is 2.91. The molecular weight excluding hydrogens is 208 g/mol.